The molecular formula is C19H18BrN3O2S. The maximum absolute atomic E-state index is 13.0. The Balaban J connectivity index is 2.04. The van der Waals surface area contributed by atoms with Gasteiger partial charge in [-0.05, 0) is 75.0 Å². The summed E-state index contributed by atoms with van der Waals surface area (Å²) < 4.78 is 3.03. The van der Waals surface area contributed by atoms with E-state index in [0.29, 0.717) is 5.69 Å². The molecule has 1 aliphatic heterocycles. The quantitative estimate of drug-likeness (QED) is 0.457. The zero-order chi connectivity index (χ0) is 19.0. The first-order valence-corrected chi connectivity index (χ1v) is 9.37. The van der Waals surface area contributed by atoms with E-state index in [1.54, 1.807) is 18.2 Å². The Morgan fingerprint density at radius 2 is 1.85 bits per heavy atom. The third kappa shape index (κ3) is 3.24. The van der Waals surface area contributed by atoms with Crippen LogP contribution in [0.15, 0.2) is 40.4 Å². The van der Waals surface area contributed by atoms with Gasteiger partial charge in [0.1, 0.15) is 5.57 Å². The summed E-state index contributed by atoms with van der Waals surface area (Å²) in [6, 6.07) is 9.15. The van der Waals surface area contributed by atoms with E-state index in [0.717, 1.165) is 28.0 Å². The predicted octanol–water partition coefficient (Wildman–Crippen LogP) is 3.72. The van der Waals surface area contributed by atoms with Gasteiger partial charge in [-0.3, -0.25) is 19.8 Å². The van der Waals surface area contributed by atoms with Gasteiger partial charge in [0.15, 0.2) is 5.11 Å². The molecule has 134 valence electrons. The number of hydrogen-bond donors (Lipinski definition) is 1. The number of aromatic nitrogens is 1. The summed E-state index contributed by atoms with van der Waals surface area (Å²) >= 11 is 8.58. The van der Waals surface area contributed by atoms with Gasteiger partial charge in [-0.25, -0.2) is 0 Å². The van der Waals surface area contributed by atoms with Crippen molar-refractivity contribution in [2.45, 2.75) is 27.3 Å². The SMILES string of the molecule is CCn1c(C)cc(C=C2C(=O)NC(=S)N(c3ccc(Br)cc3)C2=O)c1C. The molecule has 1 aromatic carbocycles. The van der Waals surface area contributed by atoms with E-state index < -0.39 is 11.8 Å². The van der Waals surface area contributed by atoms with Crippen LogP contribution in [-0.2, 0) is 16.1 Å². The molecule has 5 nitrogen and oxygen atoms in total. The third-order valence-electron chi connectivity index (χ3n) is 4.42. The van der Waals surface area contributed by atoms with Gasteiger partial charge in [0, 0.05) is 22.4 Å². The van der Waals surface area contributed by atoms with E-state index in [4.69, 9.17) is 12.2 Å². The Morgan fingerprint density at radius 3 is 2.42 bits per heavy atom. The lowest BCUT2D eigenvalue weighted by atomic mass is 10.1. The number of nitrogens with zero attached hydrogens (tertiary/aromatic N) is 2. The minimum Gasteiger partial charge on any atom is -0.349 e. The Hall–Kier alpha value is -2.25. The van der Waals surface area contributed by atoms with Crippen LogP contribution in [0.3, 0.4) is 0 Å². The summed E-state index contributed by atoms with van der Waals surface area (Å²) in [5.74, 6) is -0.906. The summed E-state index contributed by atoms with van der Waals surface area (Å²) in [7, 11) is 0. The standard InChI is InChI=1S/C19H18BrN3O2S/c1-4-22-11(2)9-13(12(22)3)10-16-17(24)21-19(26)23(18(16)25)15-7-5-14(20)6-8-15/h5-10H,4H2,1-3H3,(H,21,24,26). The molecule has 26 heavy (non-hydrogen) atoms. The van der Waals surface area contributed by atoms with Crippen LogP contribution < -0.4 is 10.2 Å². The van der Waals surface area contributed by atoms with Crippen LogP contribution in [-0.4, -0.2) is 21.5 Å². The Kier molecular flexibility index (Phi) is 5.11. The highest BCUT2D eigenvalue weighted by Gasteiger charge is 2.34. The Morgan fingerprint density at radius 1 is 1.19 bits per heavy atom. The van der Waals surface area contributed by atoms with Crippen LogP contribution in [0.5, 0.6) is 0 Å². The van der Waals surface area contributed by atoms with Crippen LogP contribution in [0.2, 0.25) is 0 Å². The first kappa shape index (κ1) is 18.5. The second-order valence-electron chi connectivity index (χ2n) is 6.00. The number of rotatable bonds is 3. The second-order valence-corrected chi connectivity index (χ2v) is 7.31. The van der Waals surface area contributed by atoms with Gasteiger partial charge in [-0.2, -0.15) is 0 Å². The zero-order valence-electron chi connectivity index (χ0n) is 14.7. The van der Waals surface area contributed by atoms with Crippen molar-refractivity contribution in [3.63, 3.8) is 0 Å². The minimum absolute atomic E-state index is 0.0675. The molecule has 7 heteroatoms. The fourth-order valence-electron chi connectivity index (χ4n) is 3.10. The smallest absolute Gasteiger partial charge is 0.270 e. The summed E-state index contributed by atoms with van der Waals surface area (Å²) in [6.07, 6.45) is 1.64. The van der Waals surface area contributed by atoms with Crippen molar-refractivity contribution in [2.24, 2.45) is 0 Å². The average Bonchev–Trinajstić information content (AvgIpc) is 2.86. The molecule has 3 rings (SSSR count). The van der Waals surface area contributed by atoms with Gasteiger partial charge in [-0.15, -0.1) is 0 Å². The monoisotopic (exact) mass is 431 g/mol. The van der Waals surface area contributed by atoms with Crippen LogP contribution in [0.4, 0.5) is 5.69 Å². The number of hydrogen-bond acceptors (Lipinski definition) is 3. The van der Waals surface area contributed by atoms with Gasteiger partial charge in [0.25, 0.3) is 11.8 Å². The van der Waals surface area contributed by atoms with Crippen LogP contribution >= 0.6 is 28.1 Å². The molecule has 1 aromatic heterocycles. The lowest BCUT2D eigenvalue weighted by molar-refractivity contribution is -0.122. The molecule has 0 atom stereocenters. The minimum atomic E-state index is -0.477. The van der Waals surface area contributed by atoms with Crippen molar-refractivity contribution in [1.82, 2.24) is 9.88 Å². The van der Waals surface area contributed by atoms with E-state index >= 15 is 0 Å². The molecular weight excluding hydrogens is 414 g/mol. The van der Waals surface area contributed by atoms with Crippen molar-refractivity contribution < 1.29 is 9.59 Å². The fourth-order valence-corrected chi connectivity index (χ4v) is 3.64. The average molecular weight is 432 g/mol. The van der Waals surface area contributed by atoms with Crippen LogP contribution in [0, 0.1) is 13.8 Å². The summed E-state index contributed by atoms with van der Waals surface area (Å²) in [5, 5.41) is 2.69. The van der Waals surface area contributed by atoms with Gasteiger partial charge < -0.3 is 4.57 Å². The van der Waals surface area contributed by atoms with E-state index in [-0.39, 0.29) is 10.7 Å². The van der Waals surface area contributed by atoms with E-state index in [9.17, 15) is 9.59 Å². The number of thiocarbonyl (C=S) groups is 1. The molecule has 0 saturated carbocycles. The number of carbonyl (C=O) groups is 2. The molecule has 1 aliphatic rings. The van der Waals surface area contributed by atoms with Crippen molar-refractivity contribution in [3.05, 3.63) is 57.3 Å². The molecule has 0 aliphatic carbocycles. The number of amides is 2. The van der Waals surface area contributed by atoms with Gasteiger partial charge in [0.05, 0.1) is 5.69 Å². The highest BCUT2D eigenvalue weighted by atomic mass is 79.9. The van der Waals surface area contributed by atoms with E-state index in [1.807, 2.05) is 32.0 Å². The largest absolute Gasteiger partial charge is 0.349 e. The third-order valence-corrected chi connectivity index (χ3v) is 5.23. The maximum Gasteiger partial charge on any atom is 0.270 e. The first-order valence-electron chi connectivity index (χ1n) is 8.17. The lowest BCUT2D eigenvalue weighted by Gasteiger charge is -2.29. The molecule has 0 bridgehead atoms. The van der Waals surface area contributed by atoms with Gasteiger partial charge in [-0.1, -0.05) is 15.9 Å². The zero-order valence-corrected chi connectivity index (χ0v) is 17.1. The molecule has 0 radical (unpaired) electrons. The topological polar surface area (TPSA) is 54.3 Å². The van der Waals surface area contributed by atoms with E-state index in [1.165, 1.54) is 4.90 Å². The van der Waals surface area contributed by atoms with Crippen molar-refractivity contribution in [1.29, 1.82) is 0 Å². The fraction of sp³-hybridized carbons (Fsp3) is 0.211. The van der Waals surface area contributed by atoms with Crippen molar-refractivity contribution in [2.75, 3.05) is 4.90 Å². The maximum atomic E-state index is 13.0. The molecule has 1 saturated heterocycles. The summed E-state index contributed by atoms with van der Waals surface area (Å²) in [4.78, 5) is 26.7. The highest BCUT2D eigenvalue weighted by Crippen LogP contribution is 2.25. The normalized spacial score (nSPS) is 16.4. The number of aryl methyl sites for hydroxylation is 1. The molecule has 1 fully saturated rings. The molecule has 1 N–H and O–H groups in total. The number of anilines is 1. The van der Waals surface area contributed by atoms with Crippen molar-refractivity contribution in [3.8, 4) is 0 Å². The van der Waals surface area contributed by atoms with Crippen LogP contribution in [0.25, 0.3) is 6.08 Å². The Labute approximate surface area is 165 Å². The number of halogens is 1. The predicted molar refractivity (Wildman–Crippen MR) is 110 cm³/mol. The summed E-state index contributed by atoms with van der Waals surface area (Å²) in [6.45, 7) is 6.87. The van der Waals surface area contributed by atoms with Crippen molar-refractivity contribution >= 4 is 56.8 Å². The molecule has 0 spiro atoms. The molecule has 2 aromatic rings. The van der Waals surface area contributed by atoms with Gasteiger partial charge >= 0.3 is 0 Å². The Bertz CT molecular complexity index is 944. The van der Waals surface area contributed by atoms with Crippen LogP contribution in [0.1, 0.15) is 23.9 Å². The number of benzene rings is 1. The highest BCUT2D eigenvalue weighted by molar-refractivity contribution is 9.10. The van der Waals surface area contributed by atoms with Gasteiger partial charge in [0.2, 0.25) is 0 Å². The number of nitrogens with one attached hydrogen (secondary N) is 1. The van der Waals surface area contributed by atoms with E-state index in [2.05, 4.69) is 32.7 Å². The second kappa shape index (κ2) is 7.17. The lowest BCUT2D eigenvalue weighted by Crippen LogP contribution is -2.54. The summed E-state index contributed by atoms with van der Waals surface area (Å²) in [5.41, 5.74) is 3.62. The number of carbonyl (C=O) groups excluding carboxylic acids is 2. The molecule has 2 heterocycles. The molecule has 0 unspecified atom stereocenters. The molecule has 2 amide bonds. The first-order chi connectivity index (χ1) is 12.3.